The van der Waals surface area contributed by atoms with Crippen molar-refractivity contribution in [2.75, 3.05) is 19.5 Å². The molecule has 0 amide bonds. The zero-order valence-electron chi connectivity index (χ0n) is 13.0. The van der Waals surface area contributed by atoms with Gasteiger partial charge in [0, 0.05) is 16.2 Å². The molecule has 0 saturated heterocycles. The number of benzene rings is 2. The van der Waals surface area contributed by atoms with Crippen LogP contribution in [-0.4, -0.2) is 19.5 Å². The Morgan fingerprint density at radius 2 is 1.95 bits per heavy atom. The molecule has 0 aromatic heterocycles. The predicted molar refractivity (Wildman–Crippen MR) is 92.9 cm³/mol. The number of hydrogen-bond donors (Lipinski definition) is 0. The molecule has 0 spiro atoms. The van der Waals surface area contributed by atoms with E-state index in [0.717, 1.165) is 23.7 Å². The molecule has 0 fully saturated rings. The third-order valence-electron chi connectivity index (χ3n) is 3.84. The minimum Gasteiger partial charge on any atom is -0.497 e. The second-order valence-corrected chi connectivity index (χ2v) is 6.49. The minimum atomic E-state index is 0.685. The highest BCUT2D eigenvalue weighted by molar-refractivity contribution is 7.99. The normalized spacial score (nSPS) is 13.5. The fraction of sp³-hybridized carbons (Fsp3) is 0.263. The highest BCUT2D eigenvalue weighted by Crippen LogP contribution is 2.38. The van der Waals surface area contributed by atoms with E-state index in [1.807, 2.05) is 23.9 Å². The Morgan fingerprint density at radius 3 is 2.73 bits per heavy atom. The fourth-order valence-corrected chi connectivity index (χ4v) is 3.53. The molecule has 0 atom stereocenters. The van der Waals surface area contributed by atoms with Gasteiger partial charge in [0.1, 0.15) is 18.1 Å². The summed E-state index contributed by atoms with van der Waals surface area (Å²) in [5.41, 5.74) is 3.88. The summed E-state index contributed by atoms with van der Waals surface area (Å²) in [5, 5.41) is 0. The van der Waals surface area contributed by atoms with Crippen LogP contribution in [0.25, 0.3) is 5.57 Å². The number of fused-ring (bicyclic) bond motifs is 1. The van der Waals surface area contributed by atoms with E-state index in [4.69, 9.17) is 9.47 Å². The van der Waals surface area contributed by atoms with Gasteiger partial charge in [-0.25, -0.2) is 0 Å². The minimum absolute atomic E-state index is 0.685. The van der Waals surface area contributed by atoms with Crippen molar-refractivity contribution in [2.45, 2.75) is 18.2 Å². The molecule has 0 bridgehead atoms. The summed E-state index contributed by atoms with van der Waals surface area (Å²) in [7, 11) is 1.70. The van der Waals surface area contributed by atoms with Gasteiger partial charge in [-0.15, -0.1) is 11.8 Å². The Morgan fingerprint density at radius 1 is 1.14 bits per heavy atom. The van der Waals surface area contributed by atoms with Crippen molar-refractivity contribution in [1.82, 2.24) is 0 Å². The molecule has 114 valence electrons. The van der Waals surface area contributed by atoms with E-state index in [0.29, 0.717) is 6.61 Å². The van der Waals surface area contributed by atoms with Crippen LogP contribution in [0.4, 0.5) is 0 Å². The number of methoxy groups -OCH3 is 1. The number of thioether (sulfide) groups is 1. The molecule has 1 aliphatic rings. The average molecular weight is 312 g/mol. The first-order valence-electron chi connectivity index (χ1n) is 7.45. The lowest BCUT2D eigenvalue weighted by atomic mass is 9.95. The average Bonchev–Trinajstić information content (AvgIpc) is 2.57. The first-order valence-corrected chi connectivity index (χ1v) is 8.44. The van der Waals surface area contributed by atoms with E-state index in [9.17, 15) is 0 Å². The molecule has 3 heteroatoms. The van der Waals surface area contributed by atoms with Crippen molar-refractivity contribution in [3.05, 3.63) is 59.7 Å². The van der Waals surface area contributed by atoms with E-state index in [1.54, 1.807) is 7.11 Å². The SMILES string of the molecule is COc1ccc2c(c1)C(CCSc1ccccc1)=C(C)CO2. The van der Waals surface area contributed by atoms with Crippen LogP contribution in [0.1, 0.15) is 18.9 Å². The summed E-state index contributed by atoms with van der Waals surface area (Å²) in [6.45, 7) is 2.84. The molecular weight excluding hydrogens is 292 g/mol. The van der Waals surface area contributed by atoms with Crippen molar-refractivity contribution in [1.29, 1.82) is 0 Å². The zero-order chi connectivity index (χ0) is 15.4. The summed E-state index contributed by atoms with van der Waals surface area (Å²) >= 11 is 1.89. The van der Waals surface area contributed by atoms with Gasteiger partial charge in [-0.05, 0) is 54.8 Å². The summed E-state index contributed by atoms with van der Waals surface area (Å²) in [4.78, 5) is 1.32. The molecule has 0 unspecified atom stereocenters. The van der Waals surface area contributed by atoms with Gasteiger partial charge in [-0.2, -0.15) is 0 Å². The van der Waals surface area contributed by atoms with Crippen LogP contribution in [0.15, 0.2) is 59.0 Å². The van der Waals surface area contributed by atoms with Gasteiger partial charge in [0.15, 0.2) is 0 Å². The predicted octanol–water partition coefficient (Wildman–Crippen LogP) is 5.04. The molecule has 2 aromatic carbocycles. The maximum absolute atomic E-state index is 5.81. The van der Waals surface area contributed by atoms with E-state index < -0.39 is 0 Å². The van der Waals surface area contributed by atoms with Crippen molar-refractivity contribution < 1.29 is 9.47 Å². The van der Waals surface area contributed by atoms with Gasteiger partial charge in [0.2, 0.25) is 0 Å². The molecule has 1 aliphatic heterocycles. The number of ether oxygens (including phenoxy) is 2. The standard InChI is InChI=1S/C19H20O2S/c1-14-13-21-19-9-8-15(20-2)12-18(19)17(14)10-11-22-16-6-4-3-5-7-16/h3-9,12H,10-11,13H2,1-2H3. The van der Waals surface area contributed by atoms with Crippen molar-refractivity contribution >= 4 is 17.3 Å². The Bertz CT molecular complexity index is 677. The van der Waals surface area contributed by atoms with Gasteiger partial charge in [-0.3, -0.25) is 0 Å². The van der Waals surface area contributed by atoms with E-state index in [2.05, 4.69) is 43.3 Å². The summed E-state index contributed by atoms with van der Waals surface area (Å²) in [6.07, 6.45) is 1.04. The third-order valence-corrected chi connectivity index (χ3v) is 4.85. The molecule has 2 nitrogen and oxygen atoms in total. The maximum atomic E-state index is 5.81. The second kappa shape index (κ2) is 6.93. The lowest BCUT2D eigenvalue weighted by Crippen LogP contribution is -2.10. The van der Waals surface area contributed by atoms with Crippen molar-refractivity contribution in [3.8, 4) is 11.5 Å². The van der Waals surface area contributed by atoms with Crippen molar-refractivity contribution in [2.24, 2.45) is 0 Å². The second-order valence-electron chi connectivity index (χ2n) is 5.32. The maximum Gasteiger partial charge on any atom is 0.127 e. The highest BCUT2D eigenvalue weighted by atomic mass is 32.2. The van der Waals surface area contributed by atoms with Crippen LogP contribution in [0.5, 0.6) is 11.5 Å². The topological polar surface area (TPSA) is 18.5 Å². The molecule has 2 aromatic rings. The van der Waals surface area contributed by atoms with Crippen molar-refractivity contribution in [3.63, 3.8) is 0 Å². The molecule has 0 N–H and O–H groups in total. The van der Waals surface area contributed by atoms with Crippen LogP contribution < -0.4 is 9.47 Å². The summed E-state index contributed by atoms with van der Waals surface area (Å²) in [5.74, 6) is 2.91. The van der Waals surface area contributed by atoms with Gasteiger partial charge in [0.05, 0.1) is 7.11 Å². The first-order chi connectivity index (χ1) is 10.8. The zero-order valence-corrected chi connectivity index (χ0v) is 13.8. The lowest BCUT2D eigenvalue weighted by Gasteiger charge is -2.23. The van der Waals surface area contributed by atoms with Gasteiger partial charge in [0.25, 0.3) is 0 Å². The number of hydrogen-bond acceptors (Lipinski definition) is 3. The van der Waals surface area contributed by atoms with Crippen LogP contribution >= 0.6 is 11.8 Å². The van der Waals surface area contributed by atoms with E-state index >= 15 is 0 Å². The summed E-state index contributed by atoms with van der Waals surface area (Å²) in [6, 6.07) is 16.6. The number of rotatable bonds is 5. The molecule has 1 heterocycles. The molecule has 3 rings (SSSR count). The largest absolute Gasteiger partial charge is 0.497 e. The Balaban J connectivity index is 1.75. The monoisotopic (exact) mass is 312 g/mol. The van der Waals surface area contributed by atoms with Gasteiger partial charge < -0.3 is 9.47 Å². The van der Waals surface area contributed by atoms with Crippen LogP contribution in [0.3, 0.4) is 0 Å². The Kier molecular flexibility index (Phi) is 4.74. The first kappa shape index (κ1) is 15.0. The fourth-order valence-electron chi connectivity index (χ4n) is 2.64. The van der Waals surface area contributed by atoms with Crippen LogP contribution in [0.2, 0.25) is 0 Å². The third kappa shape index (κ3) is 3.30. The van der Waals surface area contributed by atoms with E-state index in [1.165, 1.54) is 21.6 Å². The van der Waals surface area contributed by atoms with Crippen LogP contribution in [-0.2, 0) is 0 Å². The molecule has 22 heavy (non-hydrogen) atoms. The Labute approximate surface area is 136 Å². The van der Waals surface area contributed by atoms with E-state index in [-0.39, 0.29) is 0 Å². The smallest absolute Gasteiger partial charge is 0.127 e. The quantitative estimate of drug-likeness (QED) is 0.720. The lowest BCUT2D eigenvalue weighted by molar-refractivity contribution is 0.343. The van der Waals surface area contributed by atoms with Gasteiger partial charge >= 0.3 is 0 Å². The highest BCUT2D eigenvalue weighted by Gasteiger charge is 2.18. The summed E-state index contributed by atoms with van der Waals surface area (Å²) < 4.78 is 11.2. The molecule has 0 saturated carbocycles. The molecule has 0 radical (unpaired) electrons. The number of allylic oxidation sites excluding steroid dienone is 1. The van der Waals surface area contributed by atoms with Gasteiger partial charge in [-0.1, -0.05) is 18.2 Å². The Hall–Kier alpha value is -1.87. The molecule has 0 aliphatic carbocycles. The molecular formula is C19H20O2S. The van der Waals surface area contributed by atoms with Crippen LogP contribution in [0, 0.1) is 0 Å².